The van der Waals surface area contributed by atoms with Crippen LogP contribution in [0.4, 0.5) is 10.1 Å². The molecule has 22 heavy (non-hydrogen) atoms. The van der Waals surface area contributed by atoms with Gasteiger partial charge in [-0.1, -0.05) is 18.2 Å². The Balaban J connectivity index is 1.82. The van der Waals surface area contributed by atoms with Crippen LogP contribution in [0.15, 0.2) is 54.6 Å². The molecule has 2 aromatic carbocycles. The molecule has 2 aliphatic rings. The third kappa shape index (κ3) is 2.00. The molecule has 112 valence electrons. The van der Waals surface area contributed by atoms with E-state index in [1.54, 1.807) is 12.1 Å². The van der Waals surface area contributed by atoms with Crippen molar-refractivity contribution < 1.29 is 9.13 Å². The first-order valence-corrected chi connectivity index (χ1v) is 7.53. The van der Waals surface area contributed by atoms with Gasteiger partial charge in [-0.25, -0.2) is 4.39 Å². The number of hydrogen-bond donors (Lipinski definition) is 1. The maximum atomic E-state index is 13.2. The molecule has 4 rings (SSSR count). The molecule has 2 aromatic rings. The largest absolute Gasteiger partial charge is 0.482 e. The molecule has 0 aromatic heterocycles. The van der Waals surface area contributed by atoms with Crippen molar-refractivity contribution in [1.82, 2.24) is 0 Å². The lowest BCUT2D eigenvalue weighted by atomic mass is 9.75. The molecule has 1 N–H and O–H groups in total. The molecule has 2 heterocycles. The highest BCUT2D eigenvalue weighted by Crippen LogP contribution is 2.50. The fourth-order valence-electron chi connectivity index (χ4n) is 3.70. The average molecular weight is 295 g/mol. The Labute approximate surface area is 129 Å². The fourth-order valence-corrected chi connectivity index (χ4v) is 3.70. The van der Waals surface area contributed by atoms with E-state index in [1.165, 1.54) is 17.7 Å². The standard InChI is InChI=1S/C19H18FNO/c1-18-11-17(13-7-9-14(20)10-8-13)22-19(2,12-18)15-5-3-4-6-16(15)21-18/h3-11,21H,12H2,1-2H3. The lowest BCUT2D eigenvalue weighted by Crippen LogP contribution is -2.49. The van der Waals surface area contributed by atoms with Crippen LogP contribution in [0, 0.1) is 5.82 Å². The molecule has 0 radical (unpaired) electrons. The molecule has 0 fully saturated rings. The lowest BCUT2D eigenvalue weighted by molar-refractivity contribution is 0.0167. The molecule has 0 amide bonds. The van der Waals surface area contributed by atoms with Gasteiger partial charge in [0.1, 0.15) is 17.2 Å². The van der Waals surface area contributed by atoms with E-state index in [4.69, 9.17) is 4.74 Å². The van der Waals surface area contributed by atoms with Gasteiger partial charge in [-0.2, -0.15) is 0 Å². The predicted octanol–water partition coefficient (Wildman–Crippen LogP) is 4.69. The number of benzene rings is 2. The third-order valence-corrected chi connectivity index (χ3v) is 4.54. The van der Waals surface area contributed by atoms with Crippen LogP contribution in [0.2, 0.25) is 0 Å². The molecule has 0 aliphatic carbocycles. The molecular weight excluding hydrogens is 277 g/mol. The van der Waals surface area contributed by atoms with E-state index in [2.05, 4.69) is 37.4 Å². The lowest BCUT2D eigenvalue weighted by Gasteiger charge is -2.49. The molecule has 0 saturated carbocycles. The highest BCUT2D eigenvalue weighted by molar-refractivity contribution is 5.69. The summed E-state index contributed by atoms with van der Waals surface area (Å²) >= 11 is 0. The molecule has 2 aliphatic heterocycles. The predicted molar refractivity (Wildman–Crippen MR) is 85.9 cm³/mol. The molecule has 2 atom stereocenters. The van der Waals surface area contributed by atoms with E-state index in [0.717, 1.165) is 23.4 Å². The van der Waals surface area contributed by atoms with Crippen LogP contribution >= 0.6 is 0 Å². The van der Waals surface area contributed by atoms with Crippen molar-refractivity contribution in [3.8, 4) is 0 Å². The van der Waals surface area contributed by atoms with Gasteiger partial charge in [0.2, 0.25) is 0 Å². The maximum absolute atomic E-state index is 13.2. The summed E-state index contributed by atoms with van der Waals surface area (Å²) in [4.78, 5) is 0. The van der Waals surface area contributed by atoms with Gasteiger partial charge in [0.25, 0.3) is 0 Å². The van der Waals surface area contributed by atoms with Crippen molar-refractivity contribution in [2.24, 2.45) is 0 Å². The zero-order valence-corrected chi connectivity index (χ0v) is 12.7. The molecule has 2 nitrogen and oxygen atoms in total. The summed E-state index contributed by atoms with van der Waals surface area (Å²) < 4.78 is 19.5. The van der Waals surface area contributed by atoms with Crippen LogP contribution in [0.5, 0.6) is 0 Å². The second-order valence-electron chi connectivity index (χ2n) is 6.61. The van der Waals surface area contributed by atoms with Gasteiger partial charge < -0.3 is 10.1 Å². The van der Waals surface area contributed by atoms with E-state index in [-0.39, 0.29) is 17.0 Å². The van der Waals surface area contributed by atoms with Crippen LogP contribution in [0.25, 0.3) is 5.76 Å². The summed E-state index contributed by atoms with van der Waals surface area (Å²) in [5.74, 6) is 0.569. The van der Waals surface area contributed by atoms with E-state index in [1.807, 2.05) is 12.1 Å². The van der Waals surface area contributed by atoms with Crippen molar-refractivity contribution >= 4 is 11.4 Å². The molecule has 0 saturated heterocycles. The van der Waals surface area contributed by atoms with Crippen LogP contribution in [-0.4, -0.2) is 5.54 Å². The summed E-state index contributed by atoms with van der Waals surface area (Å²) in [6, 6.07) is 14.7. The molecule has 2 unspecified atom stereocenters. The Morgan fingerprint density at radius 1 is 1.05 bits per heavy atom. The van der Waals surface area contributed by atoms with Gasteiger partial charge in [-0.3, -0.25) is 0 Å². The molecule has 0 spiro atoms. The third-order valence-electron chi connectivity index (χ3n) is 4.54. The Bertz CT molecular complexity index is 767. The number of fused-ring (bicyclic) bond motifs is 4. The monoisotopic (exact) mass is 295 g/mol. The number of rotatable bonds is 1. The maximum Gasteiger partial charge on any atom is 0.136 e. The smallest absolute Gasteiger partial charge is 0.136 e. The first kappa shape index (κ1) is 13.4. The second kappa shape index (κ2) is 4.35. The molecular formula is C19H18FNO. The topological polar surface area (TPSA) is 21.3 Å². The van der Waals surface area contributed by atoms with E-state index >= 15 is 0 Å². The summed E-state index contributed by atoms with van der Waals surface area (Å²) in [5, 5.41) is 3.61. The minimum atomic E-state index is -0.380. The van der Waals surface area contributed by atoms with Crippen molar-refractivity contribution in [2.75, 3.05) is 5.32 Å². The van der Waals surface area contributed by atoms with Gasteiger partial charge in [-0.15, -0.1) is 0 Å². The Morgan fingerprint density at radius 2 is 1.77 bits per heavy atom. The van der Waals surface area contributed by atoms with Crippen LogP contribution in [0.3, 0.4) is 0 Å². The van der Waals surface area contributed by atoms with Gasteiger partial charge >= 0.3 is 0 Å². The van der Waals surface area contributed by atoms with Crippen LogP contribution in [-0.2, 0) is 10.3 Å². The minimum absolute atomic E-state index is 0.176. The first-order valence-electron chi connectivity index (χ1n) is 7.53. The van der Waals surface area contributed by atoms with Crippen molar-refractivity contribution in [3.63, 3.8) is 0 Å². The first-order chi connectivity index (χ1) is 10.5. The number of anilines is 1. The fraction of sp³-hybridized carbons (Fsp3) is 0.263. The quantitative estimate of drug-likeness (QED) is 0.824. The molecule has 2 bridgehead atoms. The SMILES string of the molecule is CC12C=C(c3ccc(F)cc3)OC(C)(C1)c1ccccc1N2. The Morgan fingerprint density at radius 3 is 2.55 bits per heavy atom. The highest BCUT2D eigenvalue weighted by Gasteiger charge is 2.47. The Kier molecular flexibility index (Phi) is 2.65. The normalized spacial score (nSPS) is 29.0. The number of halogens is 1. The van der Waals surface area contributed by atoms with Gasteiger partial charge in [-0.05, 0) is 50.3 Å². The van der Waals surface area contributed by atoms with Crippen molar-refractivity contribution in [1.29, 1.82) is 0 Å². The van der Waals surface area contributed by atoms with Gasteiger partial charge in [0.05, 0.1) is 5.54 Å². The summed E-state index contributed by atoms with van der Waals surface area (Å²) in [6.07, 6.45) is 2.97. The van der Waals surface area contributed by atoms with Crippen LogP contribution in [0.1, 0.15) is 31.4 Å². The zero-order valence-electron chi connectivity index (χ0n) is 12.7. The average Bonchev–Trinajstić information content (AvgIpc) is 2.46. The van der Waals surface area contributed by atoms with E-state index in [0.29, 0.717) is 0 Å². The number of para-hydroxylation sites is 1. The van der Waals surface area contributed by atoms with Gasteiger partial charge in [0, 0.05) is 23.2 Å². The summed E-state index contributed by atoms with van der Waals surface area (Å²) in [5.41, 5.74) is 2.63. The van der Waals surface area contributed by atoms with Gasteiger partial charge in [0.15, 0.2) is 0 Å². The van der Waals surface area contributed by atoms with E-state index < -0.39 is 0 Å². The van der Waals surface area contributed by atoms with Crippen molar-refractivity contribution in [3.05, 3.63) is 71.6 Å². The number of nitrogens with one attached hydrogen (secondary N) is 1. The Hall–Kier alpha value is -2.29. The highest BCUT2D eigenvalue weighted by atomic mass is 19.1. The number of ether oxygens (including phenoxy) is 1. The molecule has 3 heteroatoms. The summed E-state index contributed by atoms with van der Waals surface area (Å²) in [7, 11) is 0. The van der Waals surface area contributed by atoms with E-state index in [9.17, 15) is 4.39 Å². The minimum Gasteiger partial charge on any atom is -0.482 e. The van der Waals surface area contributed by atoms with Crippen molar-refractivity contribution in [2.45, 2.75) is 31.4 Å². The second-order valence-corrected chi connectivity index (χ2v) is 6.61. The number of hydrogen-bond acceptors (Lipinski definition) is 2. The zero-order chi connectivity index (χ0) is 15.4. The summed E-state index contributed by atoms with van der Waals surface area (Å²) in [6.45, 7) is 4.30. The van der Waals surface area contributed by atoms with Crippen LogP contribution < -0.4 is 5.32 Å².